The average Bonchev–Trinajstić information content (AvgIpc) is 3.33. The van der Waals surface area contributed by atoms with Gasteiger partial charge < -0.3 is 9.73 Å². The van der Waals surface area contributed by atoms with Gasteiger partial charge in [-0.25, -0.2) is 4.98 Å². The lowest BCUT2D eigenvalue weighted by atomic mass is 10.3. The van der Waals surface area contributed by atoms with Gasteiger partial charge in [-0.3, -0.25) is 4.79 Å². The van der Waals surface area contributed by atoms with Crippen molar-refractivity contribution in [3.05, 3.63) is 72.5 Å². The summed E-state index contributed by atoms with van der Waals surface area (Å²) >= 11 is 3.14. The average molecular weight is 395 g/mol. The lowest BCUT2D eigenvalue weighted by Gasteiger charge is -2.11. The number of para-hydroxylation sites is 1. The first kappa shape index (κ1) is 17.8. The van der Waals surface area contributed by atoms with Gasteiger partial charge in [0.1, 0.15) is 5.76 Å². The summed E-state index contributed by atoms with van der Waals surface area (Å²) in [7, 11) is 0. The monoisotopic (exact) mass is 394 g/mol. The molecule has 0 bridgehead atoms. The Balaban J connectivity index is 1.37. The number of amides is 1. The molecule has 27 heavy (non-hydrogen) atoms. The number of carbonyl (C=O) groups excluding carboxylic acids is 1. The van der Waals surface area contributed by atoms with E-state index in [9.17, 15) is 4.79 Å². The predicted molar refractivity (Wildman–Crippen MR) is 111 cm³/mol. The van der Waals surface area contributed by atoms with Crippen LogP contribution in [-0.4, -0.2) is 16.1 Å². The first-order valence-electron chi connectivity index (χ1n) is 8.63. The molecule has 0 saturated heterocycles. The fraction of sp³-hybridized carbons (Fsp3) is 0.143. The van der Waals surface area contributed by atoms with Crippen molar-refractivity contribution in [2.75, 3.05) is 0 Å². The van der Waals surface area contributed by atoms with E-state index in [0.717, 1.165) is 31.6 Å². The summed E-state index contributed by atoms with van der Waals surface area (Å²) in [4.78, 5) is 18.0. The van der Waals surface area contributed by atoms with Crippen LogP contribution in [0.5, 0.6) is 0 Å². The lowest BCUT2D eigenvalue weighted by Crippen LogP contribution is -2.30. The Bertz CT molecular complexity index is 1020. The smallest absolute Gasteiger partial charge is 0.233 e. The van der Waals surface area contributed by atoms with E-state index in [2.05, 4.69) is 10.3 Å². The zero-order valence-electron chi connectivity index (χ0n) is 14.7. The zero-order valence-corrected chi connectivity index (χ0v) is 16.3. The summed E-state index contributed by atoms with van der Waals surface area (Å²) < 4.78 is 7.00. The SMILES string of the molecule is C[C@H](Sc1ccccc1)C(=O)NCc1ccc(-c2nc3ccccc3s2)o1. The fourth-order valence-electron chi connectivity index (χ4n) is 2.64. The van der Waals surface area contributed by atoms with Gasteiger partial charge in [-0.1, -0.05) is 30.3 Å². The number of aromatic nitrogens is 1. The molecule has 6 heteroatoms. The maximum absolute atomic E-state index is 12.3. The van der Waals surface area contributed by atoms with E-state index in [-0.39, 0.29) is 11.2 Å². The normalized spacial score (nSPS) is 12.2. The van der Waals surface area contributed by atoms with Gasteiger partial charge in [0.05, 0.1) is 22.0 Å². The van der Waals surface area contributed by atoms with Crippen LogP contribution in [0.4, 0.5) is 0 Å². The minimum atomic E-state index is -0.175. The second-order valence-corrected chi connectivity index (χ2v) is 8.49. The zero-order chi connectivity index (χ0) is 18.6. The summed E-state index contributed by atoms with van der Waals surface area (Å²) in [5.41, 5.74) is 0.968. The van der Waals surface area contributed by atoms with Crippen LogP contribution < -0.4 is 5.32 Å². The summed E-state index contributed by atoms with van der Waals surface area (Å²) in [6.07, 6.45) is 0. The summed E-state index contributed by atoms with van der Waals surface area (Å²) in [6, 6.07) is 21.7. The number of rotatable bonds is 6. The summed E-state index contributed by atoms with van der Waals surface area (Å²) in [5.74, 6) is 1.43. The number of nitrogens with zero attached hydrogens (tertiary/aromatic N) is 1. The second-order valence-electron chi connectivity index (χ2n) is 6.04. The minimum Gasteiger partial charge on any atom is -0.457 e. The molecule has 1 atom stereocenters. The highest BCUT2D eigenvalue weighted by Crippen LogP contribution is 2.31. The number of furan rings is 1. The van der Waals surface area contributed by atoms with Crippen molar-refractivity contribution < 1.29 is 9.21 Å². The van der Waals surface area contributed by atoms with Gasteiger partial charge in [-0.15, -0.1) is 23.1 Å². The molecule has 0 radical (unpaired) electrons. The predicted octanol–water partition coefficient (Wildman–Crippen LogP) is 5.35. The van der Waals surface area contributed by atoms with Crippen molar-refractivity contribution in [1.29, 1.82) is 0 Å². The topological polar surface area (TPSA) is 55.1 Å². The maximum atomic E-state index is 12.3. The number of nitrogens with one attached hydrogen (secondary N) is 1. The number of hydrogen-bond donors (Lipinski definition) is 1. The van der Waals surface area contributed by atoms with Gasteiger partial charge >= 0.3 is 0 Å². The molecule has 2 heterocycles. The second kappa shape index (κ2) is 7.98. The number of carbonyl (C=O) groups is 1. The van der Waals surface area contributed by atoms with Gasteiger partial charge in [0.25, 0.3) is 0 Å². The van der Waals surface area contributed by atoms with Crippen LogP contribution in [0.25, 0.3) is 21.0 Å². The molecule has 4 nitrogen and oxygen atoms in total. The van der Waals surface area contributed by atoms with Crippen molar-refractivity contribution in [2.45, 2.75) is 23.6 Å². The Hall–Kier alpha value is -2.57. The van der Waals surface area contributed by atoms with Gasteiger partial charge in [-0.05, 0) is 43.3 Å². The quantitative estimate of drug-likeness (QED) is 0.448. The van der Waals surface area contributed by atoms with Gasteiger partial charge in [0, 0.05) is 4.90 Å². The van der Waals surface area contributed by atoms with Crippen molar-refractivity contribution in [2.24, 2.45) is 0 Å². The largest absolute Gasteiger partial charge is 0.457 e. The summed E-state index contributed by atoms with van der Waals surface area (Å²) in [5, 5.41) is 3.61. The molecule has 136 valence electrons. The van der Waals surface area contributed by atoms with Crippen LogP contribution in [-0.2, 0) is 11.3 Å². The first-order valence-corrected chi connectivity index (χ1v) is 10.3. The van der Waals surface area contributed by atoms with Crippen LogP contribution in [0.3, 0.4) is 0 Å². The molecule has 2 aromatic carbocycles. The molecule has 0 aliphatic rings. The van der Waals surface area contributed by atoms with Crippen LogP contribution >= 0.6 is 23.1 Å². The first-order chi connectivity index (χ1) is 13.2. The van der Waals surface area contributed by atoms with Gasteiger partial charge in [0.2, 0.25) is 5.91 Å². The van der Waals surface area contributed by atoms with Crippen molar-refractivity contribution in [1.82, 2.24) is 10.3 Å². The number of thioether (sulfide) groups is 1. The van der Waals surface area contributed by atoms with E-state index < -0.39 is 0 Å². The number of hydrogen-bond acceptors (Lipinski definition) is 5. The van der Waals surface area contributed by atoms with Gasteiger partial charge in [0.15, 0.2) is 10.8 Å². The van der Waals surface area contributed by atoms with Crippen molar-refractivity contribution >= 4 is 39.2 Å². The van der Waals surface area contributed by atoms with E-state index in [4.69, 9.17) is 4.42 Å². The molecule has 0 saturated carbocycles. The van der Waals surface area contributed by atoms with E-state index in [1.807, 2.05) is 73.7 Å². The fourth-order valence-corrected chi connectivity index (χ4v) is 4.48. The van der Waals surface area contributed by atoms with Crippen LogP contribution in [0, 0.1) is 0 Å². The third-order valence-corrected chi connectivity index (χ3v) is 6.19. The molecule has 2 aromatic heterocycles. The van der Waals surface area contributed by atoms with E-state index in [1.165, 1.54) is 0 Å². The Morgan fingerprint density at radius 2 is 1.89 bits per heavy atom. The Labute approximate surface area is 165 Å². The molecule has 0 unspecified atom stereocenters. The highest BCUT2D eigenvalue weighted by Gasteiger charge is 2.15. The highest BCUT2D eigenvalue weighted by atomic mass is 32.2. The Kier molecular flexibility index (Phi) is 5.27. The van der Waals surface area contributed by atoms with E-state index in [0.29, 0.717) is 6.54 Å². The molecule has 0 spiro atoms. The molecule has 1 amide bonds. The minimum absolute atomic E-state index is 0.0122. The molecule has 0 aliphatic heterocycles. The van der Waals surface area contributed by atoms with Crippen molar-refractivity contribution in [3.8, 4) is 10.8 Å². The molecule has 0 fully saturated rings. The lowest BCUT2D eigenvalue weighted by molar-refractivity contribution is -0.120. The van der Waals surface area contributed by atoms with E-state index in [1.54, 1.807) is 23.1 Å². The Morgan fingerprint density at radius 3 is 2.70 bits per heavy atom. The molecular weight excluding hydrogens is 376 g/mol. The molecular formula is C21H18N2O2S2. The highest BCUT2D eigenvalue weighted by molar-refractivity contribution is 8.00. The standard InChI is InChI=1S/C21H18N2O2S2/c1-14(26-16-7-3-2-4-8-16)20(24)22-13-15-11-12-18(25-15)21-23-17-9-5-6-10-19(17)27-21/h2-12,14H,13H2,1H3,(H,22,24)/t14-/m0/s1. The molecule has 4 aromatic rings. The number of benzene rings is 2. The maximum Gasteiger partial charge on any atom is 0.233 e. The number of fused-ring (bicyclic) bond motifs is 1. The third-order valence-electron chi connectivity index (χ3n) is 4.03. The van der Waals surface area contributed by atoms with E-state index >= 15 is 0 Å². The van der Waals surface area contributed by atoms with Crippen LogP contribution in [0.15, 0.2) is 76.0 Å². The molecule has 0 aliphatic carbocycles. The Morgan fingerprint density at radius 1 is 1.11 bits per heavy atom. The van der Waals surface area contributed by atoms with Crippen LogP contribution in [0.2, 0.25) is 0 Å². The van der Waals surface area contributed by atoms with Crippen molar-refractivity contribution in [3.63, 3.8) is 0 Å². The third kappa shape index (κ3) is 4.23. The van der Waals surface area contributed by atoms with Crippen LogP contribution in [0.1, 0.15) is 12.7 Å². The number of thiazole rings is 1. The molecule has 1 N–H and O–H groups in total. The summed E-state index contributed by atoms with van der Waals surface area (Å²) in [6.45, 7) is 2.27. The van der Waals surface area contributed by atoms with Gasteiger partial charge in [-0.2, -0.15) is 0 Å². The molecule has 4 rings (SSSR count).